The summed E-state index contributed by atoms with van der Waals surface area (Å²) in [5.74, 6) is 0. The molecule has 82 valence electrons. The molecule has 3 nitrogen and oxygen atoms in total. The van der Waals surface area contributed by atoms with Crippen LogP contribution in [-0.2, 0) is 4.74 Å². The lowest BCUT2D eigenvalue weighted by atomic mass is 10.1. The monoisotopic (exact) mass is 199 g/mol. The van der Waals surface area contributed by atoms with Gasteiger partial charge in [0.15, 0.2) is 0 Å². The molecule has 1 aliphatic heterocycles. The number of hydrogen-bond donors (Lipinski definition) is 1. The molecule has 1 heterocycles. The van der Waals surface area contributed by atoms with Gasteiger partial charge in [0.25, 0.3) is 0 Å². The zero-order valence-corrected chi connectivity index (χ0v) is 8.82. The average Bonchev–Trinajstić information content (AvgIpc) is 2.22. The van der Waals surface area contributed by atoms with Crippen molar-refractivity contribution in [3.8, 4) is 0 Å². The predicted octanol–water partition coefficient (Wildman–Crippen LogP) is 1.75. The third kappa shape index (κ3) is 7.83. The fourth-order valence-electron chi connectivity index (χ4n) is 1.39. The van der Waals surface area contributed by atoms with Crippen LogP contribution >= 0.6 is 0 Å². The summed E-state index contributed by atoms with van der Waals surface area (Å²) in [7, 11) is 0. The first kappa shape index (κ1) is 13.2. The van der Waals surface area contributed by atoms with Crippen LogP contribution in [0.15, 0.2) is 25.7 Å². The summed E-state index contributed by atoms with van der Waals surface area (Å²) in [6, 6.07) is 0. The van der Waals surface area contributed by atoms with Gasteiger partial charge in [0.05, 0.1) is 19.1 Å². The van der Waals surface area contributed by atoms with E-state index >= 15 is 0 Å². The topological polar surface area (TPSA) is 32.7 Å². The molecule has 0 aromatic carbocycles. The minimum absolute atomic E-state index is 0.319. The first-order valence-electron chi connectivity index (χ1n) is 5.05. The van der Waals surface area contributed by atoms with Crippen molar-refractivity contribution in [3.63, 3.8) is 0 Å². The van der Waals surface area contributed by atoms with E-state index in [0.717, 1.165) is 6.54 Å². The molecule has 0 radical (unpaired) electrons. The molecule has 0 bridgehead atoms. The molecule has 0 aromatic rings. The fraction of sp³-hybridized carbons (Fsp3) is 0.636. The third-order valence-corrected chi connectivity index (χ3v) is 2.06. The maximum atomic E-state index is 8.58. The first-order chi connectivity index (χ1) is 6.85. The Morgan fingerprint density at radius 3 is 2.07 bits per heavy atom. The molecule has 0 spiro atoms. The van der Waals surface area contributed by atoms with Crippen LogP contribution in [0.1, 0.15) is 19.3 Å². The van der Waals surface area contributed by atoms with Crippen molar-refractivity contribution >= 4 is 0 Å². The van der Waals surface area contributed by atoms with Crippen LogP contribution in [0.4, 0.5) is 0 Å². The number of rotatable bonds is 4. The van der Waals surface area contributed by atoms with Gasteiger partial charge in [-0.3, -0.25) is 0 Å². The van der Waals surface area contributed by atoms with E-state index in [0.29, 0.717) is 6.61 Å². The Labute approximate surface area is 86.7 Å². The molecular formula is C11H21NO2. The number of nitrogens with zero attached hydrogens (tertiary/aromatic N) is 1. The normalized spacial score (nSPS) is 16.4. The molecule has 0 amide bonds. The van der Waals surface area contributed by atoms with Gasteiger partial charge in [-0.2, -0.15) is 0 Å². The van der Waals surface area contributed by atoms with Crippen molar-refractivity contribution in [1.82, 2.24) is 4.90 Å². The number of ether oxygens (including phenoxy) is 1. The van der Waals surface area contributed by atoms with Crippen LogP contribution in [0, 0.1) is 0 Å². The van der Waals surface area contributed by atoms with Gasteiger partial charge in [-0.1, -0.05) is 19.6 Å². The van der Waals surface area contributed by atoms with Gasteiger partial charge in [-0.05, 0) is 25.9 Å². The van der Waals surface area contributed by atoms with Crippen LogP contribution in [0.3, 0.4) is 0 Å². The molecule has 0 saturated carbocycles. The Hall–Kier alpha value is -0.800. The van der Waals surface area contributed by atoms with Crippen molar-refractivity contribution in [2.75, 3.05) is 26.2 Å². The predicted molar refractivity (Wildman–Crippen MR) is 58.9 cm³/mol. The van der Waals surface area contributed by atoms with Crippen molar-refractivity contribution in [3.05, 3.63) is 25.7 Å². The Morgan fingerprint density at radius 2 is 1.71 bits per heavy atom. The van der Waals surface area contributed by atoms with Crippen LogP contribution in [0.25, 0.3) is 0 Å². The largest absolute Gasteiger partial charge is 0.474 e. The van der Waals surface area contributed by atoms with Gasteiger partial charge in [0.1, 0.15) is 0 Å². The van der Waals surface area contributed by atoms with Gasteiger partial charge in [-0.15, -0.1) is 0 Å². The van der Waals surface area contributed by atoms with E-state index in [4.69, 9.17) is 5.11 Å². The smallest absolute Gasteiger partial charge is 0.0829 e. The molecule has 0 unspecified atom stereocenters. The number of hydrogen-bond acceptors (Lipinski definition) is 3. The highest BCUT2D eigenvalue weighted by Crippen LogP contribution is 2.06. The minimum atomic E-state index is 0.319. The molecule has 3 heteroatoms. The lowest BCUT2D eigenvalue weighted by Gasteiger charge is -2.25. The highest BCUT2D eigenvalue weighted by Gasteiger charge is 2.07. The number of likely N-dealkylation sites (tertiary alicyclic amines) is 1. The Morgan fingerprint density at radius 1 is 1.14 bits per heavy atom. The lowest BCUT2D eigenvalue weighted by molar-refractivity contribution is 0.173. The molecule has 1 aliphatic rings. The summed E-state index contributed by atoms with van der Waals surface area (Å²) < 4.78 is 4.36. The summed E-state index contributed by atoms with van der Waals surface area (Å²) in [4.78, 5) is 2.32. The summed E-state index contributed by atoms with van der Waals surface area (Å²) in [6.45, 7) is 10.1. The van der Waals surface area contributed by atoms with Gasteiger partial charge in [-0.25, -0.2) is 0 Å². The molecule has 0 aromatic heterocycles. The number of piperidine rings is 1. The van der Waals surface area contributed by atoms with E-state index in [-0.39, 0.29) is 0 Å². The number of β-amino-alcohol motifs (C(OH)–C–C–N with tert-alkyl or cyclic N) is 1. The molecule has 1 saturated heterocycles. The van der Waals surface area contributed by atoms with Crippen LogP contribution in [0.2, 0.25) is 0 Å². The molecule has 0 aliphatic carbocycles. The van der Waals surface area contributed by atoms with E-state index in [1.807, 2.05) is 0 Å². The highest BCUT2D eigenvalue weighted by molar-refractivity contribution is 4.62. The van der Waals surface area contributed by atoms with Crippen molar-refractivity contribution in [1.29, 1.82) is 0 Å². The van der Waals surface area contributed by atoms with Crippen molar-refractivity contribution in [2.45, 2.75) is 19.3 Å². The summed E-state index contributed by atoms with van der Waals surface area (Å²) in [5, 5.41) is 8.58. The average molecular weight is 199 g/mol. The van der Waals surface area contributed by atoms with Gasteiger partial charge in [0, 0.05) is 6.54 Å². The maximum Gasteiger partial charge on any atom is 0.0829 e. The zero-order chi connectivity index (χ0) is 10.6. The highest BCUT2D eigenvalue weighted by atomic mass is 16.5. The number of aliphatic hydroxyl groups excluding tert-OH is 1. The van der Waals surface area contributed by atoms with Crippen molar-refractivity contribution in [2.24, 2.45) is 0 Å². The Balaban J connectivity index is 0.000000292. The van der Waals surface area contributed by atoms with E-state index < -0.39 is 0 Å². The number of aliphatic hydroxyl groups is 1. The Kier molecular flexibility index (Phi) is 9.69. The summed E-state index contributed by atoms with van der Waals surface area (Å²) >= 11 is 0. The van der Waals surface area contributed by atoms with Gasteiger partial charge < -0.3 is 14.7 Å². The Bertz CT molecular complexity index is 133. The second-order valence-electron chi connectivity index (χ2n) is 3.10. The lowest BCUT2D eigenvalue weighted by Crippen LogP contribution is -2.31. The van der Waals surface area contributed by atoms with E-state index in [9.17, 15) is 0 Å². The van der Waals surface area contributed by atoms with Gasteiger partial charge in [0.2, 0.25) is 0 Å². The maximum absolute atomic E-state index is 8.58. The minimum Gasteiger partial charge on any atom is -0.474 e. The van der Waals surface area contributed by atoms with Crippen molar-refractivity contribution < 1.29 is 9.84 Å². The second kappa shape index (κ2) is 10.3. The molecule has 1 N–H and O–H groups in total. The van der Waals surface area contributed by atoms with E-state index in [2.05, 4.69) is 22.8 Å². The molecule has 14 heavy (non-hydrogen) atoms. The standard InChI is InChI=1S/C7H15NO.C4H6O/c9-7-6-8-4-2-1-3-5-8;1-3-5-4-2/h9H,1-7H2;3-4H,1-2H2. The van der Waals surface area contributed by atoms with E-state index in [1.54, 1.807) is 0 Å². The van der Waals surface area contributed by atoms with Crippen LogP contribution in [0.5, 0.6) is 0 Å². The summed E-state index contributed by atoms with van der Waals surface area (Å²) in [6.07, 6.45) is 6.64. The second-order valence-corrected chi connectivity index (χ2v) is 3.10. The molecule has 1 fully saturated rings. The first-order valence-corrected chi connectivity index (χ1v) is 5.05. The van der Waals surface area contributed by atoms with Gasteiger partial charge >= 0.3 is 0 Å². The fourth-order valence-corrected chi connectivity index (χ4v) is 1.39. The van der Waals surface area contributed by atoms with E-state index in [1.165, 1.54) is 44.9 Å². The zero-order valence-electron chi connectivity index (χ0n) is 8.82. The SMILES string of the molecule is C=COC=C.OCCN1CCCCC1. The molecular weight excluding hydrogens is 178 g/mol. The van der Waals surface area contributed by atoms with Crippen LogP contribution < -0.4 is 0 Å². The summed E-state index contributed by atoms with van der Waals surface area (Å²) in [5.41, 5.74) is 0. The third-order valence-electron chi connectivity index (χ3n) is 2.06. The quantitative estimate of drug-likeness (QED) is 0.700. The van der Waals surface area contributed by atoms with Crippen LogP contribution in [-0.4, -0.2) is 36.2 Å². The molecule has 1 rings (SSSR count). The molecule has 0 atom stereocenters.